The average Bonchev–Trinajstić information content (AvgIpc) is 3.73. The zero-order chi connectivity index (χ0) is 59.8. The van der Waals surface area contributed by atoms with Crippen LogP contribution in [0.4, 0.5) is 59.3 Å². The lowest BCUT2D eigenvalue weighted by Crippen LogP contribution is -2.63. The van der Waals surface area contributed by atoms with Gasteiger partial charge in [-0.15, -0.1) is 0 Å². The van der Waals surface area contributed by atoms with Gasteiger partial charge in [0.05, 0.1) is 56.5 Å². The van der Waals surface area contributed by atoms with E-state index < -0.39 is 126 Å². The lowest BCUT2D eigenvalue weighted by molar-refractivity contribution is -0.221. The minimum Gasteiger partial charge on any atom is -0.453 e. The molecule has 28 heteroatoms. The molecule has 18 nitrogen and oxygen atoms in total. The molecule has 81 heavy (non-hydrogen) atoms. The van der Waals surface area contributed by atoms with Crippen molar-refractivity contribution < 1.29 is 82.4 Å². The van der Waals surface area contributed by atoms with Crippen molar-refractivity contribution in [3.05, 3.63) is 100 Å². The lowest BCUT2D eigenvalue weighted by Gasteiger charge is -2.47. The molecule has 2 unspecified atom stereocenters. The number of allylic oxidation sites excluding steroid dienone is 1. The number of nitrogens with one attached hydrogen (secondary N) is 4. The number of aliphatic hydroxyl groups excluding tert-OH is 1. The van der Waals surface area contributed by atoms with E-state index in [9.17, 15) is 59.4 Å². The highest BCUT2D eigenvalue weighted by Crippen LogP contribution is 2.42. The molecule has 442 valence electrons. The number of hydrogen-bond donors (Lipinski definition) is 6. The highest BCUT2D eigenvalue weighted by atomic mass is 19.4. The number of alkyl carbamates (subject to hydrolysis) is 2. The molecule has 2 aromatic carbocycles. The Morgan fingerprint density at radius 3 is 1.83 bits per heavy atom. The first-order valence-corrected chi connectivity index (χ1v) is 25.2. The van der Waals surface area contributed by atoms with E-state index in [0.29, 0.717) is 86.5 Å². The van der Waals surface area contributed by atoms with Gasteiger partial charge in [0.1, 0.15) is 29.5 Å². The standard InChI is InChI=1S/C53H62F10N10O8/c1-50(2,52(58,59)60)43(68-48(77)79-5)45(75)67-40(17-30-10-7-29(8-11-30)9-12-31-13-16-42(65-21-31)73-34-14-15-35(73)24-71(23-34)36-27-81-28-36)41(74)26-72(70-46(76)44(69-49(78)80-6)51(3,4)53(61,62)63)25-37-38(54)18-32(19-39(37)55)33(20-64)22-66-47(56)57/h7-8,10-11,13,16,18-22,34-36,40-41,43-44,47,74H,14-15,17,23-28,64H2,1-6H3,(H,67,75)(H,68,77)(H,69,78)(H,70,76)/t34?,35?,40-,41-,43+,44+/m0/s1. The quantitative estimate of drug-likeness (QED) is 0.0253. The van der Waals surface area contributed by atoms with E-state index in [1.807, 2.05) is 22.9 Å². The van der Waals surface area contributed by atoms with Crippen LogP contribution >= 0.6 is 0 Å². The van der Waals surface area contributed by atoms with Crippen LogP contribution in [0.25, 0.3) is 5.57 Å². The fourth-order valence-electron chi connectivity index (χ4n) is 9.34. The van der Waals surface area contributed by atoms with Crippen molar-refractivity contribution in [2.24, 2.45) is 21.6 Å². The number of rotatable bonds is 20. The molecule has 4 heterocycles. The van der Waals surface area contributed by atoms with Gasteiger partial charge in [-0.2, -0.15) is 35.1 Å². The summed E-state index contributed by atoms with van der Waals surface area (Å²) in [5, 5.41) is 18.4. The highest BCUT2D eigenvalue weighted by Gasteiger charge is 2.57. The van der Waals surface area contributed by atoms with E-state index in [1.54, 1.807) is 11.5 Å². The number of hydrazine groups is 1. The third-order valence-electron chi connectivity index (χ3n) is 14.5. The first-order valence-electron chi connectivity index (χ1n) is 25.2. The molecule has 7 N–H and O–H groups in total. The molecule has 3 aliphatic heterocycles. The number of anilines is 1. The van der Waals surface area contributed by atoms with Crippen LogP contribution in [0.15, 0.2) is 65.9 Å². The number of hydrogen-bond acceptors (Lipinski definition) is 14. The third kappa shape index (κ3) is 15.4. The number of aliphatic imine (C=N–C) groups is 1. The second kappa shape index (κ2) is 26.1. The molecule has 0 radical (unpaired) electrons. The maximum Gasteiger partial charge on any atom is 0.407 e. The Morgan fingerprint density at radius 1 is 0.827 bits per heavy atom. The molecule has 3 aromatic rings. The van der Waals surface area contributed by atoms with E-state index in [4.69, 9.17) is 15.5 Å². The summed E-state index contributed by atoms with van der Waals surface area (Å²) in [5.74, 6) is 0.698. The maximum atomic E-state index is 16.0. The molecule has 3 aliphatic rings. The number of likely N-dealkylation sites (tertiary alicyclic amines) is 1. The maximum absolute atomic E-state index is 16.0. The number of alkyl halides is 8. The summed E-state index contributed by atoms with van der Waals surface area (Å²) in [7, 11) is 1.59. The molecule has 2 bridgehead atoms. The topological polar surface area (TPSA) is 225 Å². The molecule has 0 saturated carbocycles. The Morgan fingerprint density at radius 2 is 1.36 bits per heavy atom. The average molecular weight is 1160 g/mol. The zero-order valence-corrected chi connectivity index (χ0v) is 44.7. The van der Waals surface area contributed by atoms with Crippen molar-refractivity contribution in [3.8, 4) is 11.8 Å². The second-order valence-electron chi connectivity index (χ2n) is 20.7. The van der Waals surface area contributed by atoms with Gasteiger partial charge in [-0.05, 0) is 94.5 Å². The van der Waals surface area contributed by atoms with Gasteiger partial charge >= 0.3 is 31.1 Å². The highest BCUT2D eigenvalue weighted by molar-refractivity contribution is 6.09. The summed E-state index contributed by atoms with van der Waals surface area (Å²) in [6.07, 6.45) is -11.1. The van der Waals surface area contributed by atoms with E-state index in [2.05, 4.69) is 41.4 Å². The van der Waals surface area contributed by atoms with Crippen LogP contribution in [0.1, 0.15) is 68.4 Å². The molecular weight excluding hydrogens is 1090 g/mol. The monoisotopic (exact) mass is 1160 g/mol. The number of ether oxygens (including phenoxy) is 3. The SMILES string of the molecule is COC(=O)N[C@H](C(=O)N[C@@H](Cc1ccc(C#Cc2ccc(N3C4CCC3CN(C3COC3)C4)nc2)cc1)[C@@H](O)CN(Cc1c(F)cc(C(C=NC(F)F)=CN)cc1F)NC(=O)[C@@H](NC(=O)OC)C(C)(C)C(F)(F)F)C(C)(C)C(F)(F)F. The van der Waals surface area contributed by atoms with E-state index in [0.717, 1.165) is 59.2 Å². The summed E-state index contributed by atoms with van der Waals surface area (Å²) in [4.78, 5) is 65.2. The molecule has 6 rings (SSSR count). The van der Waals surface area contributed by atoms with Gasteiger partial charge in [-0.3, -0.25) is 19.9 Å². The van der Waals surface area contributed by atoms with Crippen molar-refractivity contribution in [3.63, 3.8) is 0 Å². The Hall–Kier alpha value is -7.22. The number of aliphatic hydroxyl groups is 1. The Balaban J connectivity index is 1.32. The van der Waals surface area contributed by atoms with Crippen LogP contribution in [-0.4, -0.2) is 159 Å². The fourth-order valence-corrected chi connectivity index (χ4v) is 9.34. The van der Waals surface area contributed by atoms with Crippen LogP contribution in [0.5, 0.6) is 0 Å². The van der Waals surface area contributed by atoms with Crippen LogP contribution < -0.4 is 32.0 Å². The van der Waals surface area contributed by atoms with Gasteiger partial charge in [0, 0.05) is 79.1 Å². The molecule has 6 atom stereocenters. The molecular formula is C53H62F10N10O8. The van der Waals surface area contributed by atoms with Crippen molar-refractivity contribution in [1.82, 2.24) is 36.3 Å². The molecule has 1 aromatic heterocycles. The summed E-state index contributed by atoms with van der Waals surface area (Å²) >= 11 is 0. The second-order valence-corrected chi connectivity index (χ2v) is 20.7. The summed E-state index contributed by atoms with van der Waals surface area (Å²) in [5.41, 5.74) is 0.830. The summed E-state index contributed by atoms with van der Waals surface area (Å²) in [6, 6.07) is 5.25. The van der Waals surface area contributed by atoms with Gasteiger partial charge in [-0.25, -0.2) is 33.4 Å². The molecule has 0 spiro atoms. The van der Waals surface area contributed by atoms with E-state index in [1.165, 1.54) is 24.3 Å². The van der Waals surface area contributed by atoms with Crippen LogP contribution in [0, 0.1) is 34.3 Å². The zero-order valence-electron chi connectivity index (χ0n) is 44.7. The van der Waals surface area contributed by atoms with Gasteiger partial charge in [-0.1, -0.05) is 24.0 Å². The third-order valence-corrected chi connectivity index (χ3v) is 14.5. The summed E-state index contributed by atoms with van der Waals surface area (Å²) in [6.45, 7) is -0.0148. The fraction of sp³-hybridized carbons (Fsp3) is 0.509. The van der Waals surface area contributed by atoms with Crippen LogP contribution in [0.3, 0.4) is 0 Å². The number of nitrogens with two attached hydrogens (primary N) is 1. The number of aromatic nitrogens is 1. The normalized spacial score (nSPS) is 18.8. The minimum absolute atomic E-state index is 0.264. The van der Waals surface area contributed by atoms with Crippen molar-refractivity contribution in [1.29, 1.82) is 0 Å². The number of piperazine rings is 1. The van der Waals surface area contributed by atoms with Crippen molar-refractivity contribution in [2.75, 3.05) is 52.0 Å². The van der Waals surface area contributed by atoms with Gasteiger partial charge in [0.25, 0.3) is 5.91 Å². The van der Waals surface area contributed by atoms with E-state index >= 15 is 8.78 Å². The first kappa shape index (κ1) is 63.0. The first-order chi connectivity index (χ1) is 38.0. The number of halogens is 10. The summed E-state index contributed by atoms with van der Waals surface area (Å²) < 4.78 is 159. The largest absolute Gasteiger partial charge is 0.453 e. The molecule has 3 fully saturated rings. The number of benzene rings is 2. The Labute approximate surface area is 459 Å². The number of nitrogens with zero attached hydrogens (tertiary/aromatic N) is 5. The molecule has 3 saturated heterocycles. The van der Waals surface area contributed by atoms with Gasteiger partial charge in [0.15, 0.2) is 0 Å². The molecule has 0 aliphatic carbocycles. The smallest absolute Gasteiger partial charge is 0.407 e. The van der Waals surface area contributed by atoms with Crippen LogP contribution in [0.2, 0.25) is 0 Å². The van der Waals surface area contributed by atoms with Crippen LogP contribution in [-0.2, 0) is 36.8 Å². The van der Waals surface area contributed by atoms with Gasteiger partial charge < -0.3 is 45.9 Å². The van der Waals surface area contributed by atoms with Gasteiger partial charge in [0.2, 0.25) is 5.91 Å². The Bertz CT molecular complexity index is 2800. The van der Waals surface area contributed by atoms with Crippen molar-refractivity contribution >= 4 is 41.6 Å². The number of carbonyl (C=O) groups excluding carboxylic acids is 4. The number of pyridine rings is 1. The lowest BCUT2D eigenvalue weighted by atomic mass is 9.82. The Kier molecular flexibility index (Phi) is 20.3. The number of fused-ring (bicyclic) bond motifs is 2. The minimum atomic E-state index is -5.24. The number of carbonyl (C=O) groups is 4. The van der Waals surface area contributed by atoms with Crippen molar-refractivity contribution in [2.45, 2.75) is 115 Å². The predicted molar refractivity (Wildman–Crippen MR) is 274 cm³/mol. The van der Waals surface area contributed by atoms with E-state index in [-0.39, 0.29) is 5.56 Å². The number of methoxy groups -OCH3 is 2. The predicted octanol–water partition coefficient (Wildman–Crippen LogP) is 5.95. The molecule has 4 amide bonds. The number of amides is 4.